The number of benzene rings is 1. The van der Waals surface area contributed by atoms with E-state index in [2.05, 4.69) is 0 Å². The molecule has 1 heterocycles. The van der Waals surface area contributed by atoms with Crippen molar-refractivity contribution in [3.63, 3.8) is 0 Å². The Morgan fingerprint density at radius 1 is 1.00 bits per heavy atom. The number of carbonyl (C=O) groups excluding carboxylic acids is 5. The maximum atomic E-state index is 12.7. The van der Waals surface area contributed by atoms with Crippen LogP contribution in [0.25, 0.3) is 0 Å². The first-order chi connectivity index (χ1) is 14.2. The van der Waals surface area contributed by atoms with Crippen molar-refractivity contribution in [2.45, 2.75) is 43.9 Å². The Kier molecular flexibility index (Phi) is 7.93. The molecule has 0 aliphatic carbocycles. The third kappa shape index (κ3) is 4.96. The molecule has 1 saturated heterocycles. The lowest BCUT2D eigenvalue weighted by atomic mass is 9.82. The molecule has 0 N–H and O–H groups in total. The molecule has 0 bridgehead atoms. The van der Waals surface area contributed by atoms with Crippen LogP contribution in [-0.2, 0) is 38.3 Å². The van der Waals surface area contributed by atoms with E-state index in [1.54, 1.807) is 30.3 Å². The molecule has 1 aromatic rings. The number of alkyl halides is 1. The van der Waals surface area contributed by atoms with Crippen LogP contribution >= 0.6 is 11.6 Å². The summed E-state index contributed by atoms with van der Waals surface area (Å²) >= 11 is 6.51. The molecule has 162 valence electrons. The van der Waals surface area contributed by atoms with Gasteiger partial charge in [-0.15, -0.1) is 5.06 Å². The lowest BCUT2D eigenvalue weighted by Gasteiger charge is -2.31. The van der Waals surface area contributed by atoms with Crippen LogP contribution in [-0.4, -0.2) is 52.9 Å². The fourth-order valence-corrected chi connectivity index (χ4v) is 3.29. The van der Waals surface area contributed by atoms with E-state index in [9.17, 15) is 24.0 Å². The summed E-state index contributed by atoms with van der Waals surface area (Å²) < 4.78 is 9.97. The van der Waals surface area contributed by atoms with Crippen LogP contribution in [0, 0.1) is 0 Å². The van der Waals surface area contributed by atoms with Crippen molar-refractivity contribution in [1.82, 2.24) is 5.06 Å². The molecule has 2 rings (SSSR count). The van der Waals surface area contributed by atoms with Gasteiger partial charge in [0, 0.05) is 18.8 Å². The minimum absolute atomic E-state index is 0.0601. The predicted molar refractivity (Wildman–Crippen MR) is 103 cm³/mol. The third-order valence-electron chi connectivity index (χ3n) is 4.40. The molecule has 1 aliphatic rings. The minimum Gasteiger partial charge on any atom is -0.464 e. The standard InChI is InChI=1S/C20H22ClNO8/c1-3-28-18(26)20(21,19(27)29-4-2)14(13-8-6-5-7-9-13)12-17(25)30-22-15(23)10-11-16(22)24/h5-9,14H,3-4,10-12H2,1-2H3. The summed E-state index contributed by atoms with van der Waals surface area (Å²) in [6.45, 7) is 2.96. The Morgan fingerprint density at radius 3 is 1.97 bits per heavy atom. The number of hydroxylamine groups is 2. The SMILES string of the molecule is CCOC(=O)C(Cl)(C(=O)OCC)C(CC(=O)ON1C(=O)CCC1=O)c1ccccc1. The highest BCUT2D eigenvalue weighted by atomic mass is 35.5. The zero-order chi connectivity index (χ0) is 22.3. The number of hydrogen-bond donors (Lipinski definition) is 0. The third-order valence-corrected chi connectivity index (χ3v) is 4.97. The molecule has 0 aromatic heterocycles. The van der Waals surface area contributed by atoms with Gasteiger partial charge in [-0.3, -0.25) is 9.59 Å². The van der Waals surface area contributed by atoms with E-state index in [0.29, 0.717) is 10.6 Å². The van der Waals surface area contributed by atoms with Gasteiger partial charge in [0.1, 0.15) is 0 Å². The first kappa shape index (κ1) is 23.3. The van der Waals surface area contributed by atoms with Crippen LogP contribution in [0.15, 0.2) is 30.3 Å². The van der Waals surface area contributed by atoms with Gasteiger partial charge in [0.25, 0.3) is 11.8 Å². The Morgan fingerprint density at radius 2 is 1.50 bits per heavy atom. The van der Waals surface area contributed by atoms with Gasteiger partial charge in [0.05, 0.1) is 19.6 Å². The molecule has 10 heteroatoms. The van der Waals surface area contributed by atoms with Gasteiger partial charge in [-0.25, -0.2) is 14.4 Å². The average Bonchev–Trinajstić information content (AvgIpc) is 3.04. The van der Waals surface area contributed by atoms with Crippen molar-refractivity contribution in [3.8, 4) is 0 Å². The molecular formula is C20H22ClNO8. The molecule has 1 aromatic carbocycles. The summed E-state index contributed by atoms with van der Waals surface area (Å²) in [4.78, 5) is 63.9. The van der Waals surface area contributed by atoms with Gasteiger partial charge < -0.3 is 14.3 Å². The highest BCUT2D eigenvalue weighted by molar-refractivity contribution is 6.45. The van der Waals surface area contributed by atoms with Gasteiger partial charge in [-0.2, -0.15) is 0 Å². The summed E-state index contributed by atoms with van der Waals surface area (Å²) in [5, 5.41) is 0.384. The predicted octanol–water partition coefficient (Wildman–Crippen LogP) is 1.87. The van der Waals surface area contributed by atoms with Crippen LogP contribution in [0.5, 0.6) is 0 Å². The van der Waals surface area contributed by atoms with Crippen molar-refractivity contribution in [2.24, 2.45) is 0 Å². The van der Waals surface area contributed by atoms with Crippen LogP contribution in [0.1, 0.15) is 44.6 Å². The molecule has 1 fully saturated rings. The highest BCUT2D eigenvalue weighted by Crippen LogP contribution is 2.40. The topological polar surface area (TPSA) is 116 Å². The van der Waals surface area contributed by atoms with Crippen molar-refractivity contribution in [2.75, 3.05) is 13.2 Å². The van der Waals surface area contributed by atoms with Gasteiger partial charge in [-0.1, -0.05) is 41.9 Å². The number of carbonyl (C=O) groups is 5. The maximum absolute atomic E-state index is 12.7. The van der Waals surface area contributed by atoms with Crippen molar-refractivity contribution < 1.29 is 38.3 Å². The van der Waals surface area contributed by atoms with Crippen LogP contribution < -0.4 is 0 Å². The first-order valence-corrected chi connectivity index (χ1v) is 9.78. The quantitative estimate of drug-likeness (QED) is 0.248. The number of esters is 2. The Bertz CT molecular complexity index is 791. The van der Waals surface area contributed by atoms with Crippen LogP contribution in [0.2, 0.25) is 0 Å². The number of amides is 2. The summed E-state index contributed by atoms with van der Waals surface area (Å²) in [5.74, 6) is -5.75. The lowest BCUT2D eigenvalue weighted by Crippen LogP contribution is -2.49. The number of nitrogens with zero attached hydrogens (tertiary/aromatic N) is 1. The molecule has 0 saturated carbocycles. The summed E-state index contributed by atoms with van der Waals surface area (Å²) in [5.41, 5.74) is 0.365. The number of hydrogen-bond acceptors (Lipinski definition) is 8. The van der Waals surface area contributed by atoms with Crippen molar-refractivity contribution in [1.29, 1.82) is 0 Å². The lowest BCUT2D eigenvalue weighted by molar-refractivity contribution is -0.198. The summed E-state index contributed by atoms with van der Waals surface area (Å²) in [7, 11) is 0. The van der Waals surface area contributed by atoms with E-state index < -0.39 is 46.9 Å². The van der Waals surface area contributed by atoms with E-state index in [-0.39, 0.29) is 26.1 Å². The molecular weight excluding hydrogens is 418 g/mol. The van der Waals surface area contributed by atoms with E-state index in [1.807, 2.05) is 0 Å². The number of ether oxygens (including phenoxy) is 2. The van der Waals surface area contributed by atoms with Crippen molar-refractivity contribution >= 4 is 41.3 Å². The van der Waals surface area contributed by atoms with Gasteiger partial charge in [-0.05, 0) is 19.4 Å². The van der Waals surface area contributed by atoms with E-state index >= 15 is 0 Å². The Labute approximate surface area is 178 Å². The number of rotatable bonds is 9. The Balaban J connectivity index is 2.40. The molecule has 2 amide bonds. The molecule has 1 aliphatic heterocycles. The molecule has 9 nitrogen and oxygen atoms in total. The fraction of sp³-hybridized carbons (Fsp3) is 0.450. The summed E-state index contributed by atoms with van der Waals surface area (Å²) in [6, 6.07) is 8.11. The van der Waals surface area contributed by atoms with Crippen LogP contribution in [0.4, 0.5) is 0 Å². The second kappa shape index (κ2) is 10.2. The van der Waals surface area contributed by atoms with Gasteiger partial charge in [0.2, 0.25) is 4.87 Å². The first-order valence-electron chi connectivity index (χ1n) is 9.40. The zero-order valence-electron chi connectivity index (χ0n) is 16.6. The molecule has 30 heavy (non-hydrogen) atoms. The summed E-state index contributed by atoms with van der Waals surface area (Å²) in [6.07, 6.45) is -0.735. The second-order valence-electron chi connectivity index (χ2n) is 6.37. The van der Waals surface area contributed by atoms with Gasteiger partial charge >= 0.3 is 17.9 Å². The number of imide groups is 1. The largest absolute Gasteiger partial charge is 0.464 e. The smallest absolute Gasteiger partial charge is 0.339 e. The fourth-order valence-electron chi connectivity index (χ4n) is 2.98. The zero-order valence-corrected chi connectivity index (χ0v) is 17.3. The van der Waals surface area contributed by atoms with E-state index in [1.165, 1.54) is 13.8 Å². The normalized spacial score (nSPS) is 15.0. The molecule has 1 unspecified atom stereocenters. The van der Waals surface area contributed by atoms with E-state index in [0.717, 1.165) is 0 Å². The second-order valence-corrected chi connectivity index (χ2v) is 6.96. The molecule has 0 spiro atoms. The minimum atomic E-state index is -2.38. The average molecular weight is 440 g/mol. The molecule has 0 radical (unpaired) electrons. The van der Waals surface area contributed by atoms with E-state index in [4.69, 9.17) is 25.9 Å². The monoisotopic (exact) mass is 439 g/mol. The molecule has 1 atom stereocenters. The highest BCUT2D eigenvalue weighted by Gasteiger charge is 2.55. The maximum Gasteiger partial charge on any atom is 0.339 e. The number of halogens is 1. The Hall–Kier alpha value is -2.94. The van der Waals surface area contributed by atoms with Crippen molar-refractivity contribution in [3.05, 3.63) is 35.9 Å². The van der Waals surface area contributed by atoms with Gasteiger partial charge in [0.15, 0.2) is 0 Å². The van der Waals surface area contributed by atoms with Crippen LogP contribution in [0.3, 0.4) is 0 Å².